The van der Waals surface area contributed by atoms with E-state index < -0.39 is 48.2 Å². The number of aliphatic hydroxyl groups excluding tert-OH is 3. The third kappa shape index (κ3) is 1.86. The quantitative estimate of drug-likeness (QED) is 0.459. The molecular formula is C9H11FN2O6. The molecule has 0 aromatic carbocycles. The molecule has 8 nitrogen and oxygen atoms in total. The van der Waals surface area contributed by atoms with Crippen molar-refractivity contribution in [1.82, 2.24) is 9.55 Å². The Hall–Kier alpha value is -1.55. The fourth-order valence-electron chi connectivity index (χ4n) is 1.79. The Morgan fingerprint density at radius 3 is 2.61 bits per heavy atom. The molecule has 1 aliphatic heterocycles. The molecule has 18 heavy (non-hydrogen) atoms. The minimum absolute atomic E-state index is 0.318. The summed E-state index contributed by atoms with van der Waals surface area (Å²) in [5, 5.41) is 28.0. The number of nitrogens with one attached hydrogen (secondary N) is 1. The van der Waals surface area contributed by atoms with Gasteiger partial charge in [0, 0.05) is 6.20 Å². The van der Waals surface area contributed by atoms with Gasteiger partial charge in [-0.05, 0) is 0 Å². The first-order valence-corrected chi connectivity index (χ1v) is 5.09. The summed E-state index contributed by atoms with van der Waals surface area (Å²) in [6.45, 7) is -0.614. The van der Waals surface area contributed by atoms with Crippen LogP contribution in [0.1, 0.15) is 6.23 Å². The average Bonchev–Trinajstić information content (AvgIpc) is 2.62. The van der Waals surface area contributed by atoms with Crippen LogP contribution in [0.2, 0.25) is 0 Å². The van der Waals surface area contributed by atoms with Crippen LogP contribution in [0.15, 0.2) is 15.8 Å². The maximum atomic E-state index is 13.1. The monoisotopic (exact) mass is 262 g/mol. The van der Waals surface area contributed by atoms with Gasteiger partial charge in [-0.2, -0.15) is 4.39 Å². The van der Waals surface area contributed by atoms with E-state index in [4.69, 9.17) is 9.84 Å². The number of aromatic nitrogens is 2. The molecule has 0 bridgehead atoms. The van der Waals surface area contributed by atoms with Crippen LogP contribution in [0.3, 0.4) is 0 Å². The van der Waals surface area contributed by atoms with E-state index in [1.807, 2.05) is 4.98 Å². The van der Waals surface area contributed by atoms with E-state index in [0.29, 0.717) is 10.8 Å². The molecule has 2 rings (SSSR count). The van der Waals surface area contributed by atoms with Gasteiger partial charge in [-0.1, -0.05) is 0 Å². The Balaban J connectivity index is 2.48. The SMILES string of the molecule is O=c1[nH]cc(F)c(=O)n1[C@@H]1O[C@@H](CO)[C@@H](O)[C@H]1O. The highest BCUT2D eigenvalue weighted by molar-refractivity contribution is 4.94. The number of rotatable bonds is 2. The zero-order valence-electron chi connectivity index (χ0n) is 8.99. The van der Waals surface area contributed by atoms with Crippen molar-refractivity contribution in [3.05, 3.63) is 32.9 Å². The van der Waals surface area contributed by atoms with Crippen LogP contribution in [-0.4, -0.2) is 49.8 Å². The van der Waals surface area contributed by atoms with Crippen molar-refractivity contribution in [2.45, 2.75) is 24.5 Å². The lowest BCUT2D eigenvalue weighted by Gasteiger charge is -2.15. The van der Waals surface area contributed by atoms with Gasteiger partial charge < -0.3 is 25.0 Å². The maximum absolute atomic E-state index is 13.1. The number of hydrogen-bond acceptors (Lipinski definition) is 6. The van der Waals surface area contributed by atoms with Crippen molar-refractivity contribution in [2.24, 2.45) is 0 Å². The van der Waals surface area contributed by atoms with Gasteiger partial charge in [-0.15, -0.1) is 0 Å². The first-order valence-electron chi connectivity index (χ1n) is 5.09. The minimum atomic E-state index is -1.62. The molecule has 1 fully saturated rings. The average molecular weight is 262 g/mol. The Kier molecular flexibility index (Phi) is 3.30. The summed E-state index contributed by atoms with van der Waals surface area (Å²) in [7, 11) is 0. The van der Waals surface area contributed by atoms with E-state index in [1.54, 1.807) is 0 Å². The summed E-state index contributed by atoms with van der Waals surface area (Å²) < 4.78 is 18.3. The second-order valence-corrected chi connectivity index (χ2v) is 3.85. The number of nitrogens with zero attached hydrogens (tertiary/aromatic N) is 1. The molecule has 0 radical (unpaired) electrons. The highest BCUT2D eigenvalue weighted by atomic mass is 19.1. The molecule has 100 valence electrons. The van der Waals surface area contributed by atoms with E-state index in [0.717, 1.165) is 0 Å². The van der Waals surface area contributed by atoms with Gasteiger partial charge >= 0.3 is 5.69 Å². The van der Waals surface area contributed by atoms with Crippen molar-refractivity contribution < 1.29 is 24.4 Å². The zero-order valence-corrected chi connectivity index (χ0v) is 8.99. The van der Waals surface area contributed by atoms with Crippen LogP contribution < -0.4 is 11.2 Å². The molecule has 9 heteroatoms. The standard InChI is InChI=1S/C9H11FN2O6/c10-3-1-11-9(17)12(7(3)16)8-6(15)5(14)4(2-13)18-8/h1,4-6,8,13-15H,2H2,(H,11,17)/t4-,5+,6+,8+/m0/s1. The topological polar surface area (TPSA) is 125 Å². The van der Waals surface area contributed by atoms with Gasteiger partial charge in [0.15, 0.2) is 6.23 Å². The second-order valence-electron chi connectivity index (χ2n) is 3.85. The van der Waals surface area contributed by atoms with Crippen molar-refractivity contribution in [3.63, 3.8) is 0 Å². The third-order valence-electron chi connectivity index (χ3n) is 2.74. The first-order chi connectivity index (χ1) is 8.47. The number of hydrogen-bond donors (Lipinski definition) is 4. The maximum Gasteiger partial charge on any atom is 0.330 e. The normalized spacial score (nSPS) is 31.8. The predicted octanol–water partition coefficient (Wildman–Crippen LogP) is -2.71. The molecule has 1 aromatic rings. The summed E-state index contributed by atoms with van der Waals surface area (Å²) in [6, 6.07) is 0. The van der Waals surface area contributed by atoms with Gasteiger partial charge in [0.1, 0.15) is 18.3 Å². The van der Waals surface area contributed by atoms with Crippen molar-refractivity contribution in [3.8, 4) is 0 Å². The molecular weight excluding hydrogens is 251 g/mol. The molecule has 1 aromatic heterocycles. The van der Waals surface area contributed by atoms with Gasteiger partial charge in [0.2, 0.25) is 5.82 Å². The van der Waals surface area contributed by atoms with Gasteiger partial charge in [-0.3, -0.25) is 4.79 Å². The summed E-state index contributed by atoms with van der Waals surface area (Å²) in [5.74, 6) is -1.23. The molecule has 0 amide bonds. The van der Waals surface area contributed by atoms with E-state index in [9.17, 15) is 24.2 Å². The van der Waals surface area contributed by atoms with E-state index in [2.05, 4.69) is 0 Å². The Labute approximate surface area is 98.9 Å². The van der Waals surface area contributed by atoms with Gasteiger partial charge in [0.05, 0.1) is 6.61 Å². The Bertz CT molecular complexity index is 555. The third-order valence-corrected chi connectivity index (χ3v) is 2.74. The summed E-state index contributed by atoms with van der Waals surface area (Å²) in [6.07, 6.45) is -5.22. The molecule has 1 saturated heterocycles. The van der Waals surface area contributed by atoms with E-state index in [1.165, 1.54) is 0 Å². The van der Waals surface area contributed by atoms with E-state index in [-0.39, 0.29) is 0 Å². The van der Waals surface area contributed by atoms with Crippen LogP contribution in [0, 0.1) is 5.82 Å². The summed E-state index contributed by atoms with van der Waals surface area (Å²) >= 11 is 0. The van der Waals surface area contributed by atoms with Crippen LogP contribution in [-0.2, 0) is 4.74 Å². The number of halogens is 1. The molecule has 0 saturated carbocycles. The van der Waals surface area contributed by atoms with Crippen LogP contribution in [0.4, 0.5) is 4.39 Å². The summed E-state index contributed by atoms with van der Waals surface area (Å²) in [5.41, 5.74) is -2.27. The largest absolute Gasteiger partial charge is 0.394 e. The van der Waals surface area contributed by atoms with Crippen LogP contribution >= 0.6 is 0 Å². The first kappa shape index (κ1) is 12.9. The molecule has 1 aliphatic rings. The molecule has 0 aliphatic carbocycles. The lowest BCUT2D eigenvalue weighted by atomic mass is 10.1. The minimum Gasteiger partial charge on any atom is -0.394 e. The highest BCUT2D eigenvalue weighted by Crippen LogP contribution is 2.27. The van der Waals surface area contributed by atoms with E-state index >= 15 is 0 Å². The number of aliphatic hydroxyl groups is 3. The molecule has 4 N–H and O–H groups in total. The molecule has 0 unspecified atom stereocenters. The van der Waals surface area contributed by atoms with Crippen molar-refractivity contribution in [2.75, 3.05) is 6.61 Å². The Morgan fingerprint density at radius 2 is 2.06 bits per heavy atom. The molecule has 2 heterocycles. The molecule has 4 atom stereocenters. The lowest BCUT2D eigenvalue weighted by Crippen LogP contribution is -2.43. The molecule has 0 spiro atoms. The zero-order chi connectivity index (χ0) is 13.4. The second kappa shape index (κ2) is 4.61. The highest BCUT2D eigenvalue weighted by Gasteiger charge is 2.44. The van der Waals surface area contributed by atoms with Crippen LogP contribution in [0.5, 0.6) is 0 Å². The van der Waals surface area contributed by atoms with Gasteiger partial charge in [-0.25, -0.2) is 9.36 Å². The van der Waals surface area contributed by atoms with Crippen molar-refractivity contribution >= 4 is 0 Å². The summed E-state index contributed by atoms with van der Waals surface area (Å²) in [4.78, 5) is 24.8. The van der Waals surface area contributed by atoms with Crippen molar-refractivity contribution in [1.29, 1.82) is 0 Å². The smallest absolute Gasteiger partial charge is 0.330 e. The fourth-order valence-corrected chi connectivity index (χ4v) is 1.79. The lowest BCUT2D eigenvalue weighted by molar-refractivity contribution is -0.0569. The number of aromatic amines is 1. The predicted molar refractivity (Wildman–Crippen MR) is 54.3 cm³/mol. The number of H-pyrrole nitrogens is 1. The van der Waals surface area contributed by atoms with Crippen LogP contribution in [0.25, 0.3) is 0 Å². The number of ether oxygens (including phenoxy) is 1. The van der Waals surface area contributed by atoms with Gasteiger partial charge in [0.25, 0.3) is 5.56 Å². The Morgan fingerprint density at radius 1 is 1.39 bits per heavy atom. The fraction of sp³-hybridized carbons (Fsp3) is 0.556.